The minimum absolute atomic E-state index is 0.149. The van der Waals surface area contributed by atoms with E-state index in [4.69, 9.17) is 14.5 Å². The third kappa shape index (κ3) is 4.60. The van der Waals surface area contributed by atoms with Crippen LogP contribution in [0.2, 0.25) is 0 Å². The number of rotatable bonds is 7. The molecule has 1 aliphatic heterocycles. The number of hydrogen-bond acceptors (Lipinski definition) is 6. The summed E-state index contributed by atoms with van der Waals surface area (Å²) in [5, 5.41) is 0. The lowest BCUT2D eigenvalue weighted by atomic mass is 9.93. The fourth-order valence-electron chi connectivity index (χ4n) is 4.44. The Balaban J connectivity index is 2.02. The number of methoxy groups -OCH3 is 2. The Morgan fingerprint density at radius 3 is 2.39 bits per heavy atom. The number of carbonyl (C=O) groups is 1. The van der Waals surface area contributed by atoms with Crippen LogP contribution in [-0.2, 0) is 4.79 Å². The number of ether oxygens (including phenoxy) is 2. The Bertz CT molecular complexity index is 1490. The Morgan fingerprint density at radius 2 is 1.78 bits per heavy atom. The van der Waals surface area contributed by atoms with Crippen LogP contribution in [0.3, 0.4) is 0 Å². The molecule has 0 saturated carbocycles. The second kappa shape index (κ2) is 10.5. The highest BCUT2D eigenvalue weighted by Gasteiger charge is 2.36. The molecule has 7 nitrogen and oxygen atoms in total. The largest absolute Gasteiger partial charge is 0.497 e. The quantitative estimate of drug-likeness (QED) is 0.493. The van der Waals surface area contributed by atoms with Gasteiger partial charge in [-0.25, -0.2) is 4.99 Å². The number of allylic oxidation sites excluding steroid dienone is 1. The van der Waals surface area contributed by atoms with Crippen molar-refractivity contribution in [2.24, 2.45) is 4.99 Å². The van der Waals surface area contributed by atoms with Gasteiger partial charge in [-0.3, -0.25) is 14.2 Å². The van der Waals surface area contributed by atoms with Crippen molar-refractivity contribution in [2.75, 3.05) is 27.3 Å². The van der Waals surface area contributed by atoms with E-state index in [1.165, 1.54) is 11.3 Å². The third-order valence-electron chi connectivity index (χ3n) is 6.41. The molecule has 1 amide bonds. The molecule has 36 heavy (non-hydrogen) atoms. The van der Waals surface area contributed by atoms with Crippen LogP contribution in [0.15, 0.2) is 63.5 Å². The van der Waals surface area contributed by atoms with Crippen LogP contribution in [0.4, 0.5) is 0 Å². The van der Waals surface area contributed by atoms with Gasteiger partial charge in [0, 0.05) is 18.7 Å². The van der Waals surface area contributed by atoms with Gasteiger partial charge in [0.1, 0.15) is 17.5 Å². The van der Waals surface area contributed by atoms with Crippen LogP contribution in [0.25, 0.3) is 6.08 Å². The Hall–Kier alpha value is -3.65. The molecule has 188 valence electrons. The van der Waals surface area contributed by atoms with E-state index in [2.05, 4.69) is 0 Å². The second-order valence-electron chi connectivity index (χ2n) is 8.58. The van der Waals surface area contributed by atoms with E-state index in [0.29, 0.717) is 50.8 Å². The zero-order valence-corrected chi connectivity index (χ0v) is 22.3. The van der Waals surface area contributed by atoms with Crippen molar-refractivity contribution in [3.63, 3.8) is 0 Å². The lowest BCUT2D eigenvalue weighted by Gasteiger charge is -2.30. The lowest BCUT2D eigenvalue weighted by Crippen LogP contribution is -2.43. The van der Waals surface area contributed by atoms with Crippen molar-refractivity contribution >= 4 is 23.3 Å². The maximum Gasteiger partial charge on any atom is 0.271 e. The predicted octanol–water partition coefficient (Wildman–Crippen LogP) is 3.43. The predicted molar refractivity (Wildman–Crippen MR) is 142 cm³/mol. The first kappa shape index (κ1) is 25.4. The average Bonchev–Trinajstić information content (AvgIpc) is 3.18. The molecule has 2 aromatic carbocycles. The van der Waals surface area contributed by atoms with Gasteiger partial charge in [0.15, 0.2) is 4.80 Å². The smallest absolute Gasteiger partial charge is 0.271 e. The summed E-state index contributed by atoms with van der Waals surface area (Å²) in [6.45, 7) is 8.83. The van der Waals surface area contributed by atoms with Gasteiger partial charge in [-0.1, -0.05) is 41.2 Å². The molecule has 4 rings (SSSR count). The van der Waals surface area contributed by atoms with Gasteiger partial charge >= 0.3 is 0 Å². The van der Waals surface area contributed by atoms with Crippen LogP contribution in [0.1, 0.15) is 43.5 Å². The van der Waals surface area contributed by atoms with E-state index in [9.17, 15) is 9.59 Å². The van der Waals surface area contributed by atoms with Crippen LogP contribution in [0, 0.1) is 6.92 Å². The summed E-state index contributed by atoms with van der Waals surface area (Å²) in [4.78, 5) is 34.7. The maximum absolute atomic E-state index is 13.9. The van der Waals surface area contributed by atoms with Crippen molar-refractivity contribution < 1.29 is 14.3 Å². The first-order valence-corrected chi connectivity index (χ1v) is 12.7. The summed E-state index contributed by atoms with van der Waals surface area (Å²) in [5.41, 5.74) is 3.59. The van der Waals surface area contributed by atoms with Crippen molar-refractivity contribution in [1.29, 1.82) is 0 Å². The highest BCUT2D eigenvalue weighted by atomic mass is 32.1. The first-order chi connectivity index (χ1) is 17.3. The Morgan fingerprint density at radius 1 is 1.08 bits per heavy atom. The minimum Gasteiger partial charge on any atom is -0.497 e. The number of thiazole rings is 1. The average molecular weight is 506 g/mol. The van der Waals surface area contributed by atoms with Crippen LogP contribution in [-0.4, -0.2) is 42.7 Å². The molecule has 0 bridgehead atoms. The molecule has 0 fully saturated rings. The number of hydrogen-bond donors (Lipinski definition) is 0. The van der Waals surface area contributed by atoms with Crippen LogP contribution in [0.5, 0.6) is 11.5 Å². The standard InChI is InChI=1S/C28H31N3O4S/c1-7-30(8-2)27(33)24-18(4)29-28-31(25(24)21-16-20(34-5)13-14-22(21)35-6)26(32)23(36-28)15-19-11-9-17(3)10-12-19/h9-16,25H,7-8H2,1-6H3/b23-15+/t25-/m0/s1. The lowest BCUT2D eigenvalue weighted by molar-refractivity contribution is -0.127. The number of benzene rings is 2. The third-order valence-corrected chi connectivity index (χ3v) is 7.39. The van der Waals surface area contributed by atoms with E-state index in [1.807, 2.05) is 64.1 Å². The molecule has 0 saturated heterocycles. The van der Waals surface area contributed by atoms with Gasteiger partial charge in [0.05, 0.1) is 30.0 Å². The molecule has 1 aliphatic rings. The zero-order chi connectivity index (χ0) is 26.0. The van der Waals surface area contributed by atoms with Gasteiger partial charge in [-0.05, 0) is 57.5 Å². The van der Waals surface area contributed by atoms with Crippen LogP contribution < -0.4 is 24.4 Å². The van der Waals surface area contributed by atoms with Crippen molar-refractivity contribution in [3.05, 3.63) is 90.1 Å². The number of amides is 1. The Labute approximate surface area is 214 Å². The highest BCUT2D eigenvalue weighted by molar-refractivity contribution is 7.07. The van der Waals surface area contributed by atoms with E-state index in [1.54, 1.807) is 35.8 Å². The molecular weight excluding hydrogens is 474 g/mol. The van der Waals surface area contributed by atoms with Gasteiger partial charge in [-0.15, -0.1) is 0 Å². The molecule has 0 N–H and O–H groups in total. The van der Waals surface area contributed by atoms with Gasteiger partial charge in [0.25, 0.3) is 11.5 Å². The van der Waals surface area contributed by atoms with E-state index in [-0.39, 0.29) is 11.5 Å². The fourth-order valence-corrected chi connectivity index (χ4v) is 5.48. The summed E-state index contributed by atoms with van der Waals surface area (Å²) < 4.78 is 13.3. The van der Waals surface area contributed by atoms with E-state index >= 15 is 0 Å². The number of carbonyl (C=O) groups excluding carboxylic acids is 1. The molecule has 0 unspecified atom stereocenters. The summed E-state index contributed by atoms with van der Waals surface area (Å²) >= 11 is 1.32. The first-order valence-electron chi connectivity index (χ1n) is 11.9. The number of aromatic nitrogens is 1. The summed E-state index contributed by atoms with van der Waals surface area (Å²) in [6, 6.07) is 12.7. The fraction of sp³-hybridized carbons (Fsp3) is 0.321. The number of nitrogens with zero attached hydrogens (tertiary/aromatic N) is 3. The van der Waals surface area contributed by atoms with Gasteiger partial charge in [0.2, 0.25) is 0 Å². The zero-order valence-electron chi connectivity index (χ0n) is 21.5. The van der Waals surface area contributed by atoms with Crippen molar-refractivity contribution in [1.82, 2.24) is 9.47 Å². The minimum atomic E-state index is -0.709. The van der Waals surface area contributed by atoms with E-state index in [0.717, 1.165) is 11.1 Å². The number of likely N-dealkylation sites (N-methyl/N-ethyl adjacent to an activating group) is 1. The number of fused-ring (bicyclic) bond motifs is 1. The Kier molecular flexibility index (Phi) is 7.45. The van der Waals surface area contributed by atoms with Crippen LogP contribution >= 0.6 is 11.3 Å². The van der Waals surface area contributed by atoms with Gasteiger partial charge < -0.3 is 14.4 Å². The molecule has 0 aliphatic carbocycles. The SMILES string of the molecule is CCN(CC)C(=O)C1=C(C)N=c2s/c(=C/c3ccc(C)cc3)c(=O)n2[C@H]1c1cc(OC)ccc1OC. The highest BCUT2D eigenvalue weighted by Crippen LogP contribution is 2.38. The maximum atomic E-state index is 13.9. The number of aryl methyl sites for hydroxylation is 1. The molecule has 1 aromatic heterocycles. The van der Waals surface area contributed by atoms with Gasteiger partial charge in [-0.2, -0.15) is 0 Å². The molecule has 0 radical (unpaired) electrons. The second-order valence-corrected chi connectivity index (χ2v) is 9.59. The molecule has 3 aromatic rings. The molecule has 8 heteroatoms. The normalized spacial score (nSPS) is 15.4. The monoisotopic (exact) mass is 505 g/mol. The van der Waals surface area contributed by atoms with E-state index < -0.39 is 6.04 Å². The molecular formula is C28H31N3O4S. The summed E-state index contributed by atoms with van der Waals surface area (Å²) in [6.07, 6.45) is 1.87. The van der Waals surface area contributed by atoms with Crippen molar-refractivity contribution in [3.8, 4) is 11.5 Å². The molecule has 0 spiro atoms. The van der Waals surface area contributed by atoms with Crippen molar-refractivity contribution in [2.45, 2.75) is 33.7 Å². The topological polar surface area (TPSA) is 73.1 Å². The summed E-state index contributed by atoms with van der Waals surface area (Å²) in [5.74, 6) is 1.02. The molecule has 2 heterocycles. The summed E-state index contributed by atoms with van der Waals surface area (Å²) in [7, 11) is 3.16. The molecule has 1 atom stereocenters.